The van der Waals surface area contributed by atoms with Crippen molar-refractivity contribution in [2.75, 3.05) is 0 Å². The van der Waals surface area contributed by atoms with Crippen molar-refractivity contribution >= 4 is 35.0 Å². The first kappa shape index (κ1) is 23.2. The molecule has 1 aromatic heterocycles. The normalized spacial score (nSPS) is 23.0. The molecular weight excluding hydrogens is 484 g/mol. The van der Waals surface area contributed by atoms with Gasteiger partial charge in [0, 0.05) is 16.1 Å². The Labute approximate surface area is 195 Å². The summed E-state index contributed by atoms with van der Waals surface area (Å²) < 4.78 is 47.7. The Morgan fingerprint density at radius 2 is 1.70 bits per heavy atom. The lowest BCUT2D eigenvalue weighted by Gasteiger charge is -2.44. The SMILES string of the molecule is O=C1N[C@@H](c2ccc(-c3ccccc3Cl)o2)[C@H](C(=O)c2ccc(Cl)cc2)[C@](O)(C(F)(F)F)N1. The van der Waals surface area contributed by atoms with Crippen molar-refractivity contribution in [2.45, 2.75) is 17.9 Å². The number of Topliss-reactive ketones (excluding diaryl/α,β-unsaturated/α-hetero) is 1. The lowest BCUT2D eigenvalue weighted by atomic mass is 9.79. The summed E-state index contributed by atoms with van der Waals surface area (Å²) in [6.45, 7) is 0. The molecule has 2 aromatic carbocycles. The van der Waals surface area contributed by atoms with Crippen LogP contribution in [0, 0.1) is 5.92 Å². The maximum atomic E-state index is 14.0. The molecule has 0 saturated carbocycles. The Hall–Kier alpha value is -3.01. The Morgan fingerprint density at radius 3 is 2.33 bits per heavy atom. The van der Waals surface area contributed by atoms with Crippen LogP contribution < -0.4 is 10.6 Å². The van der Waals surface area contributed by atoms with Gasteiger partial charge in [-0.3, -0.25) is 4.79 Å². The Balaban J connectivity index is 1.82. The van der Waals surface area contributed by atoms with E-state index in [1.54, 1.807) is 24.3 Å². The first-order valence-corrected chi connectivity index (χ1v) is 10.3. The van der Waals surface area contributed by atoms with E-state index in [2.05, 4.69) is 5.32 Å². The number of hydrogen-bond donors (Lipinski definition) is 3. The van der Waals surface area contributed by atoms with E-state index in [0.29, 0.717) is 10.6 Å². The molecule has 0 unspecified atom stereocenters. The van der Waals surface area contributed by atoms with Crippen molar-refractivity contribution in [3.63, 3.8) is 0 Å². The van der Waals surface area contributed by atoms with Gasteiger partial charge in [0.1, 0.15) is 23.5 Å². The molecule has 2 heterocycles. The summed E-state index contributed by atoms with van der Waals surface area (Å²) in [5, 5.41) is 14.9. The quantitative estimate of drug-likeness (QED) is 0.422. The van der Waals surface area contributed by atoms with E-state index in [-0.39, 0.29) is 22.1 Å². The summed E-state index contributed by atoms with van der Waals surface area (Å²) in [6.07, 6.45) is -5.38. The van der Waals surface area contributed by atoms with Gasteiger partial charge in [-0.15, -0.1) is 0 Å². The van der Waals surface area contributed by atoms with Crippen molar-refractivity contribution in [3.05, 3.63) is 82.0 Å². The zero-order chi connectivity index (χ0) is 24.0. The number of benzene rings is 2. The molecule has 0 spiro atoms. The first-order chi connectivity index (χ1) is 15.5. The molecule has 2 amide bonds. The highest BCUT2D eigenvalue weighted by Crippen LogP contribution is 2.45. The molecule has 3 atom stereocenters. The van der Waals surface area contributed by atoms with Crippen LogP contribution in [-0.2, 0) is 0 Å². The van der Waals surface area contributed by atoms with Gasteiger partial charge in [0.2, 0.25) is 5.72 Å². The maximum Gasteiger partial charge on any atom is 0.437 e. The zero-order valence-electron chi connectivity index (χ0n) is 16.5. The number of nitrogens with one attached hydrogen (secondary N) is 2. The van der Waals surface area contributed by atoms with Gasteiger partial charge >= 0.3 is 12.2 Å². The minimum atomic E-state index is -5.38. The Kier molecular flexibility index (Phi) is 5.90. The van der Waals surface area contributed by atoms with Crippen LogP contribution in [0.2, 0.25) is 10.0 Å². The lowest BCUT2D eigenvalue weighted by Crippen LogP contribution is -2.72. The molecule has 0 radical (unpaired) electrons. The molecule has 4 rings (SSSR count). The summed E-state index contributed by atoms with van der Waals surface area (Å²) in [7, 11) is 0. The highest BCUT2D eigenvalue weighted by atomic mass is 35.5. The van der Waals surface area contributed by atoms with Gasteiger partial charge in [0.05, 0.1) is 5.02 Å². The summed E-state index contributed by atoms with van der Waals surface area (Å²) >= 11 is 12.0. The van der Waals surface area contributed by atoms with E-state index >= 15 is 0 Å². The second kappa shape index (κ2) is 8.40. The highest BCUT2D eigenvalue weighted by molar-refractivity contribution is 6.33. The monoisotopic (exact) mass is 498 g/mol. The fraction of sp³-hybridized carbons (Fsp3) is 0.182. The molecule has 1 saturated heterocycles. The number of hydrogen-bond acceptors (Lipinski definition) is 4. The van der Waals surface area contributed by atoms with Gasteiger partial charge in [0.15, 0.2) is 5.78 Å². The van der Waals surface area contributed by atoms with Gasteiger partial charge in [-0.1, -0.05) is 35.3 Å². The molecule has 1 aliphatic heterocycles. The average Bonchev–Trinajstić information content (AvgIpc) is 3.23. The molecule has 1 aliphatic rings. The van der Waals surface area contributed by atoms with Gasteiger partial charge in [-0.25, -0.2) is 4.79 Å². The number of ketones is 1. The maximum absolute atomic E-state index is 14.0. The summed E-state index contributed by atoms with van der Waals surface area (Å²) in [6, 6.07) is 11.5. The Morgan fingerprint density at radius 1 is 1.03 bits per heavy atom. The third-order valence-electron chi connectivity index (χ3n) is 5.29. The smallest absolute Gasteiger partial charge is 0.437 e. The van der Waals surface area contributed by atoms with Crippen molar-refractivity contribution < 1.29 is 32.3 Å². The molecule has 11 heteroatoms. The molecule has 0 aliphatic carbocycles. The fourth-order valence-electron chi connectivity index (χ4n) is 3.70. The number of halogens is 5. The van der Waals surface area contributed by atoms with Crippen molar-refractivity contribution in [1.82, 2.24) is 10.6 Å². The highest BCUT2D eigenvalue weighted by Gasteiger charge is 2.66. The van der Waals surface area contributed by atoms with Crippen LogP contribution in [0.1, 0.15) is 22.2 Å². The largest absolute Gasteiger partial charge is 0.459 e. The standard InChI is InChI=1S/C22H15Cl2F3N2O4/c23-12-7-5-11(6-8-12)19(30)17-18(28-20(31)29-21(17,32)22(25,26)27)16-10-9-15(33-16)13-3-1-2-4-14(13)24/h1-10,17-18,32H,(H2,28,29,31)/t17-,18+,21+/m1/s1. The van der Waals surface area contributed by atoms with Crippen molar-refractivity contribution in [2.24, 2.45) is 5.92 Å². The van der Waals surface area contributed by atoms with Crippen LogP contribution in [0.4, 0.5) is 18.0 Å². The zero-order valence-corrected chi connectivity index (χ0v) is 18.0. The number of carbonyl (C=O) groups excluding carboxylic acids is 2. The molecule has 3 N–H and O–H groups in total. The number of amides is 2. The summed E-state index contributed by atoms with van der Waals surface area (Å²) in [5.74, 6) is -3.27. The van der Waals surface area contributed by atoms with Crippen molar-refractivity contribution in [3.8, 4) is 11.3 Å². The van der Waals surface area contributed by atoms with Gasteiger partial charge < -0.3 is 20.2 Å². The topological polar surface area (TPSA) is 91.6 Å². The van der Waals surface area contributed by atoms with Crippen LogP contribution in [0.15, 0.2) is 65.1 Å². The predicted octanol–water partition coefficient (Wildman–Crippen LogP) is 5.36. The predicted molar refractivity (Wildman–Crippen MR) is 114 cm³/mol. The van der Waals surface area contributed by atoms with E-state index in [4.69, 9.17) is 27.6 Å². The molecule has 172 valence electrons. The van der Waals surface area contributed by atoms with Crippen LogP contribution >= 0.6 is 23.2 Å². The number of rotatable bonds is 4. The van der Waals surface area contributed by atoms with Gasteiger partial charge in [-0.2, -0.15) is 13.2 Å². The summed E-state index contributed by atoms with van der Waals surface area (Å²) in [4.78, 5) is 25.4. The number of urea groups is 1. The molecular formula is C22H15Cl2F3N2O4. The van der Waals surface area contributed by atoms with E-state index in [9.17, 15) is 27.9 Å². The Bertz CT molecular complexity index is 1210. The first-order valence-electron chi connectivity index (χ1n) is 9.53. The minimum absolute atomic E-state index is 0.145. The minimum Gasteiger partial charge on any atom is -0.459 e. The number of alkyl halides is 3. The van der Waals surface area contributed by atoms with Gasteiger partial charge in [0.25, 0.3) is 0 Å². The third kappa shape index (κ3) is 4.19. The molecule has 3 aromatic rings. The summed E-state index contributed by atoms with van der Waals surface area (Å²) in [5.41, 5.74) is -3.56. The van der Waals surface area contributed by atoms with Crippen LogP contribution in [0.25, 0.3) is 11.3 Å². The van der Waals surface area contributed by atoms with Crippen LogP contribution in [-0.4, -0.2) is 28.8 Å². The lowest BCUT2D eigenvalue weighted by molar-refractivity contribution is -0.288. The van der Waals surface area contributed by atoms with Crippen LogP contribution in [0.5, 0.6) is 0 Å². The van der Waals surface area contributed by atoms with E-state index in [0.717, 1.165) is 0 Å². The fourth-order valence-corrected chi connectivity index (χ4v) is 4.05. The van der Waals surface area contributed by atoms with Crippen LogP contribution in [0.3, 0.4) is 0 Å². The molecule has 0 bridgehead atoms. The van der Waals surface area contributed by atoms with E-state index < -0.39 is 35.7 Å². The van der Waals surface area contributed by atoms with Gasteiger partial charge in [-0.05, 0) is 48.5 Å². The number of aliphatic hydroxyl groups is 1. The third-order valence-corrected chi connectivity index (χ3v) is 5.87. The van der Waals surface area contributed by atoms with E-state index in [1.807, 2.05) is 0 Å². The number of furan rings is 1. The van der Waals surface area contributed by atoms with E-state index in [1.165, 1.54) is 41.7 Å². The second-order valence-corrected chi connectivity index (χ2v) is 8.21. The average molecular weight is 499 g/mol. The molecule has 6 nitrogen and oxygen atoms in total. The van der Waals surface area contributed by atoms with Crippen molar-refractivity contribution in [1.29, 1.82) is 0 Å². The number of carbonyl (C=O) groups is 2. The second-order valence-electron chi connectivity index (χ2n) is 7.37. The molecule has 33 heavy (non-hydrogen) atoms. The molecule has 1 fully saturated rings.